The summed E-state index contributed by atoms with van der Waals surface area (Å²) < 4.78 is 5.49. The summed E-state index contributed by atoms with van der Waals surface area (Å²) >= 11 is 1.83. The van der Waals surface area contributed by atoms with Crippen molar-refractivity contribution in [2.24, 2.45) is 0 Å². The summed E-state index contributed by atoms with van der Waals surface area (Å²) in [5.74, 6) is 2.12. The molecule has 3 nitrogen and oxygen atoms in total. The molecule has 0 aromatic rings. The molecular formula is C13H21NO2S. The Morgan fingerprint density at radius 3 is 3.06 bits per heavy atom. The van der Waals surface area contributed by atoms with E-state index in [1.165, 1.54) is 0 Å². The Kier molecular flexibility index (Phi) is 4.37. The molecular weight excluding hydrogens is 234 g/mol. The van der Waals surface area contributed by atoms with Gasteiger partial charge in [0.25, 0.3) is 5.91 Å². The highest BCUT2D eigenvalue weighted by atomic mass is 32.2. The molecule has 0 aromatic carbocycles. The van der Waals surface area contributed by atoms with E-state index >= 15 is 0 Å². The van der Waals surface area contributed by atoms with Crippen molar-refractivity contribution in [1.29, 1.82) is 0 Å². The van der Waals surface area contributed by atoms with Gasteiger partial charge < -0.3 is 9.64 Å². The molecule has 1 unspecified atom stereocenters. The predicted molar refractivity (Wildman–Crippen MR) is 71.0 cm³/mol. The van der Waals surface area contributed by atoms with Gasteiger partial charge in [0.2, 0.25) is 0 Å². The molecule has 0 aromatic heterocycles. The van der Waals surface area contributed by atoms with E-state index in [4.69, 9.17) is 4.74 Å². The summed E-state index contributed by atoms with van der Waals surface area (Å²) in [5.41, 5.74) is 0.907. The number of hydrogen-bond acceptors (Lipinski definition) is 3. The number of carbonyl (C=O) groups excluding carboxylic acids is 1. The van der Waals surface area contributed by atoms with Crippen LogP contribution in [0.25, 0.3) is 0 Å². The number of hydrogen-bond donors (Lipinski definition) is 0. The van der Waals surface area contributed by atoms with E-state index in [0.717, 1.165) is 55.9 Å². The monoisotopic (exact) mass is 255 g/mol. The molecule has 2 rings (SSSR count). The standard InChI is InChI=1S/C13H21NO2S/c1-10-12(6-4-8-16-10)13(15)14-7-3-5-11(14)9-17-2/h11H,3-9H2,1-2H3. The summed E-state index contributed by atoms with van der Waals surface area (Å²) in [6, 6.07) is 0.430. The lowest BCUT2D eigenvalue weighted by molar-refractivity contribution is -0.128. The molecule has 0 spiro atoms. The topological polar surface area (TPSA) is 29.5 Å². The average molecular weight is 255 g/mol. The molecule has 2 heterocycles. The normalized spacial score (nSPS) is 25.1. The highest BCUT2D eigenvalue weighted by Gasteiger charge is 2.31. The van der Waals surface area contributed by atoms with E-state index in [9.17, 15) is 4.79 Å². The molecule has 1 atom stereocenters. The van der Waals surface area contributed by atoms with Gasteiger partial charge in [0.15, 0.2) is 0 Å². The van der Waals surface area contributed by atoms with Crippen molar-refractivity contribution < 1.29 is 9.53 Å². The SMILES string of the molecule is CSCC1CCCN1C(=O)C1=C(C)OCCC1. The molecule has 0 aliphatic carbocycles. The summed E-state index contributed by atoms with van der Waals surface area (Å²) in [5, 5.41) is 0. The van der Waals surface area contributed by atoms with E-state index in [2.05, 4.69) is 11.2 Å². The number of rotatable bonds is 3. The third-order valence-electron chi connectivity index (χ3n) is 3.57. The Hall–Kier alpha value is -0.640. The van der Waals surface area contributed by atoms with Crippen LogP contribution in [0.3, 0.4) is 0 Å². The Morgan fingerprint density at radius 1 is 1.53 bits per heavy atom. The van der Waals surface area contributed by atoms with Crippen LogP contribution < -0.4 is 0 Å². The number of thioether (sulfide) groups is 1. The fraction of sp³-hybridized carbons (Fsp3) is 0.769. The van der Waals surface area contributed by atoms with E-state index in [1.54, 1.807) is 0 Å². The number of nitrogens with zero attached hydrogens (tertiary/aromatic N) is 1. The van der Waals surface area contributed by atoms with Crippen LogP contribution >= 0.6 is 11.8 Å². The molecule has 96 valence electrons. The zero-order valence-corrected chi connectivity index (χ0v) is 11.5. The highest BCUT2D eigenvalue weighted by molar-refractivity contribution is 7.98. The highest BCUT2D eigenvalue weighted by Crippen LogP contribution is 2.26. The second kappa shape index (κ2) is 5.80. The molecule has 2 aliphatic heterocycles. The van der Waals surface area contributed by atoms with Crippen LogP contribution in [-0.4, -0.2) is 42.0 Å². The lowest BCUT2D eigenvalue weighted by Crippen LogP contribution is -2.38. The summed E-state index contributed by atoms with van der Waals surface area (Å²) in [7, 11) is 0. The van der Waals surface area contributed by atoms with Crippen molar-refractivity contribution in [3.05, 3.63) is 11.3 Å². The van der Waals surface area contributed by atoms with Gasteiger partial charge in [0, 0.05) is 18.3 Å². The minimum Gasteiger partial charge on any atom is -0.498 e. The van der Waals surface area contributed by atoms with E-state index < -0.39 is 0 Å². The first-order chi connectivity index (χ1) is 8.24. The molecule has 0 bridgehead atoms. The van der Waals surface area contributed by atoms with Crippen LogP contribution in [0.5, 0.6) is 0 Å². The van der Waals surface area contributed by atoms with Gasteiger partial charge in [-0.05, 0) is 38.9 Å². The molecule has 1 fully saturated rings. The summed E-state index contributed by atoms with van der Waals surface area (Å²) in [6.07, 6.45) is 6.26. The van der Waals surface area contributed by atoms with Crippen molar-refractivity contribution in [2.45, 2.75) is 38.6 Å². The molecule has 2 aliphatic rings. The van der Waals surface area contributed by atoms with Gasteiger partial charge >= 0.3 is 0 Å². The zero-order valence-electron chi connectivity index (χ0n) is 10.7. The Labute approximate surface area is 108 Å². The van der Waals surface area contributed by atoms with Gasteiger partial charge in [-0.15, -0.1) is 0 Å². The molecule has 0 saturated carbocycles. The van der Waals surface area contributed by atoms with Crippen molar-refractivity contribution in [2.75, 3.05) is 25.2 Å². The lowest BCUT2D eigenvalue weighted by Gasteiger charge is -2.27. The number of amides is 1. The van der Waals surface area contributed by atoms with Crippen LogP contribution in [0.15, 0.2) is 11.3 Å². The van der Waals surface area contributed by atoms with Crippen LogP contribution in [0, 0.1) is 0 Å². The minimum absolute atomic E-state index is 0.221. The first-order valence-electron chi connectivity index (χ1n) is 6.36. The first-order valence-corrected chi connectivity index (χ1v) is 7.76. The number of ether oxygens (including phenoxy) is 1. The fourth-order valence-corrected chi connectivity index (χ4v) is 3.37. The van der Waals surface area contributed by atoms with Gasteiger partial charge in [-0.1, -0.05) is 0 Å². The van der Waals surface area contributed by atoms with E-state index in [1.807, 2.05) is 18.7 Å². The van der Waals surface area contributed by atoms with Crippen molar-refractivity contribution in [3.8, 4) is 0 Å². The third-order valence-corrected chi connectivity index (χ3v) is 4.29. The van der Waals surface area contributed by atoms with Crippen LogP contribution in [0.1, 0.15) is 32.6 Å². The second-order valence-electron chi connectivity index (χ2n) is 4.74. The Balaban J connectivity index is 2.08. The van der Waals surface area contributed by atoms with Gasteiger partial charge in [-0.3, -0.25) is 4.79 Å². The third kappa shape index (κ3) is 2.79. The van der Waals surface area contributed by atoms with Crippen molar-refractivity contribution in [3.63, 3.8) is 0 Å². The first kappa shape index (κ1) is 12.8. The largest absolute Gasteiger partial charge is 0.498 e. The maximum atomic E-state index is 12.5. The van der Waals surface area contributed by atoms with Gasteiger partial charge in [-0.2, -0.15) is 11.8 Å². The summed E-state index contributed by atoms with van der Waals surface area (Å²) in [4.78, 5) is 14.5. The maximum Gasteiger partial charge on any atom is 0.253 e. The van der Waals surface area contributed by atoms with Gasteiger partial charge in [0.05, 0.1) is 12.2 Å². The maximum absolute atomic E-state index is 12.5. The number of allylic oxidation sites excluding steroid dienone is 1. The zero-order chi connectivity index (χ0) is 12.3. The average Bonchev–Trinajstić information content (AvgIpc) is 2.78. The van der Waals surface area contributed by atoms with Crippen LogP contribution in [0.2, 0.25) is 0 Å². The summed E-state index contributed by atoms with van der Waals surface area (Å²) in [6.45, 7) is 3.60. The molecule has 4 heteroatoms. The lowest BCUT2D eigenvalue weighted by atomic mass is 10.1. The van der Waals surface area contributed by atoms with E-state index in [-0.39, 0.29) is 5.91 Å². The molecule has 1 amide bonds. The fourth-order valence-electron chi connectivity index (χ4n) is 2.64. The van der Waals surface area contributed by atoms with Crippen molar-refractivity contribution >= 4 is 17.7 Å². The van der Waals surface area contributed by atoms with Crippen LogP contribution in [0.4, 0.5) is 0 Å². The Bertz CT molecular complexity index is 327. The molecule has 0 radical (unpaired) electrons. The van der Waals surface area contributed by atoms with Crippen LogP contribution in [-0.2, 0) is 9.53 Å². The minimum atomic E-state index is 0.221. The molecule has 1 saturated heterocycles. The van der Waals surface area contributed by atoms with Gasteiger partial charge in [0.1, 0.15) is 5.76 Å². The second-order valence-corrected chi connectivity index (χ2v) is 5.65. The number of carbonyl (C=O) groups is 1. The van der Waals surface area contributed by atoms with E-state index in [0.29, 0.717) is 6.04 Å². The Morgan fingerprint density at radius 2 is 2.35 bits per heavy atom. The molecule has 17 heavy (non-hydrogen) atoms. The smallest absolute Gasteiger partial charge is 0.253 e. The number of likely N-dealkylation sites (tertiary alicyclic amines) is 1. The van der Waals surface area contributed by atoms with Gasteiger partial charge in [-0.25, -0.2) is 0 Å². The predicted octanol–water partition coefficient (Wildman–Crippen LogP) is 2.42. The van der Waals surface area contributed by atoms with Crippen molar-refractivity contribution in [1.82, 2.24) is 4.90 Å². The molecule has 0 N–H and O–H groups in total. The quantitative estimate of drug-likeness (QED) is 0.775.